The van der Waals surface area contributed by atoms with Crippen LogP contribution in [0.3, 0.4) is 0 Å². The van der Waals surface area contributed by atoms with Crippen molar-refractivity contribution in [1.82, 2.24) is 4.31 Å². The molecule has 21 heavy (non-hydrogen) atoms. The van der Waals surface area contributed by atoms with E-state index < -0.39 is 32.3 Å². The number of halogens is 2. The number of hydrogen-bond acceptors (Lipinski definition) is 3. The molecular weight excluding hydrogens is 365 g/mol. The average Bonchev–Trinajstić information content (AvgIpc) is 2.40. The van der Waals surface area contributed by atoms with Gasteiger partial charge >= 0.3 is 5.97 Å². The Labute approximate surface area is 131 Å². The Morgan fingerprint density at radius 2 is 2.14 bits per heavy atom. The fourth-order valence-electron chi connectivity index (χ4n) is 1.65. The van der Waals surface area contributed by atoms with E-state index in [2.05, 4.69) is 22.5 Å². The lowest BCUT2D eigenvalue weighted by molar-refractivity contribution is 0.0691. The quantitative estimate of drug-likeness (QED) is 0.583. The summed E-state index contributed by atoms with van der Waals surface area (Å²) >= 11 is 2.99. The van der Waals surface area contributed by atoms with Crippen LogP contribution in [0.25, 0.3) is 0 Å². The van der Waals surface area contributed by atoms with Crippen LogP contribution in [0.1, 0.15) is 23.2 Å². The first-order chi connectivity index (χ1) is 9.71. The van der Waals surface area contributed by atoms with Crippen LogP contribution in [0, 0.1) is 5.82 Å². The van der Waals surface area contributed by atoms with E-state index in [0.29, 0.717) is 12.8 Å². The van der Waals surface area contributed by atoms with Crippen molar-refractivity contribution in [3.8, 4) is 0 Å². The molecule has 0 aromatic heterocycles. The standard InChI is InChI=1S/C13H15BrFNO4S/c1-3-4-5-6-16(2)21(19,20)11-8-9(14)7-10(12(11)15)13(17)18/h3,7-8H,1,4-6H2,2H3,(H,17,18). The van der Waals surface area contributed by atoms with E-state index in [1.807, 2.05) is 0 Å². The van der Waals surface area contributed by atoms with Crippen molar-refractivity contribution < 1.29 is 22.7 Å². The number of carbonyl (C=O) groups is 1. The van der Waals surface area contributed by atoms with E-state index in [1.54, 1.807) is 6.08 Å². The Balaban J connectivity index is 3.25. The fraction of sp³-hybridized carbons (Fsp3) is 0.308. The maximum absolute atomic E-state index is 14.1. The first kappa shape index (κ1) is 17.8. The summed E-state index contributed by atoms with van der Waals surface area (Å²) in [6.45, 7) is 3.72. The van der Waals surface area contributed by atoms with Crippen molar-refractivity contribution in [3.63, 3.8) is 0 Å². The van der Waals surface area contributed by atoms with Crippen molar-refractivity contribution in [2.24, 2.45) is 0 Å². The smallest absolute Gasteiger partial charge is 0.338 e. The topological polar surface area (TPSA) is 74.7 Å². The van der Waals surface area contributed by atoms with Gasteiger partial charge in [-0.25, -0.2) is 21.9 Å². The second-order valence-corrected chi connectivity index (χ2v) is 7.26. The number of carboxylic acid groups (broad SMARTS) is 1. The monoisotopic (exact) mass is 379 g/mol. The first-order valence-electron chi connectivity index (χ1n) is 6.01. The van der Waals surface area contributed by atoms with Gasteiger partial charge in [0.05, 0.1) is 5.56 Å². The minimum Gasteiger partial charge on any atom is -0.478 e. The summed E-state index contributed by atoms with van der Waals surface area (Å²) in [5, 5.41) is 8.91. The summed E-state index contributed by atoms with van der Waals surface area (Å²) in [6, 6.07) is 2.08. The molecule has 1 aromatic rings. The van der Waals surface area contributed by atoms with E-state index in [9.17, 15) is 17.6 Å². The van der Waals surface area contributed by atoms with Crippen LogP contribution in [0.5, 0.6) is 0 Å². The molecule has 0 fully saturated rings. The molecule has 1 N–H and O–H groups in total. The Hall–Kier alpha value is -1.25. The van der Waals surface area contributed by atoms with Crippen LogP contribution in [-0.4, -0.2) is 37.4 Å². The van der Waals surface area contributed by atoms with Crippen molar-refractivity contribution in [2.75, 3.05) is 13.6 Å². The lowest BCUT2D eigenvalue weighted by Crippen LogP contribution is -2.29. The second kappa shape index (κ2) is 7.15. The minimum atomic E-state index is -4.10. The van der Waals surface area contributed by atoms with Crippen molar-refractivity contribution >= 4 is 31.9 Å². The molecule has 5 nitrogen and oxygen atoms in total. The van der Waals surface area contributed by atoms with E-state index in [0.717, 1.165) is 16.4 Å². The zero-order valence-corrected chi connectivity index (χ0v) is 13.7. The summed E-state index contributed by atoms with van der Waals surface area (Å²) in [7, 11) is -2.78. The molecule has 1 aromatic carbocycles. The molecule has 8 heteroatoms. The Morgan fingerprint density at radius 3 is 2.67 bits per heavy atom. The van der Waals surface area contributed by atoms with Gasteiger partial charge in [-0.2, -0.15) is 0 Å². The highest BCUT2D eigenvalue weighted by atomic mass is 79.9. The summed E-state index contributed by atoms with van der Waals surface area (Å²) < 4.78 is 39.9. The van der Waals surface area contributed by atoms with E-state index in [1.165, 1.54) is 7.05 Å². The van der Waals surface area contributed by atoms with Crippen molar-refractivity contribution in [3.05, 3.63) is 40.6 Å². The molecule has 0 saturated heterocycles. The highest BCUT2D eigenvalue weighted by Crippen LogP contribution is 2.26. The van der Waals surface area contributed by atoms with Gasteiger partial charge in [-0.15, -0.1) is 6.58 Å². The molecule has 0 saturated carbocycles. The fourth-order valence-corrected chi connectivity index (χ4v) is 3.58. The Morgan fingerprint density at radius 1 is 1.52 bits per heavy atom. The molecule has 0 bridgehead atoms. The first-order valence-corrected chi connectivity index (χ1v) is 8.24. The van der Waals surface area contributed by atoms with E-state index in [-0.39, 0.29) is 11.0 Å². The van der Waals surface area contributed by atoms with Gasteiger partial charge in [0.1, 0.15) is 4.90 Å². The van der Waals surface area contributed by atoms with E-state index in [4.69, 9.17) is 5.11 Å². The summed E-state index contributed by atoms with van der Waals surface area (Å²) in [5.74, 6) is -2.79. The third-order valence-corrected chi connectivity index (χ3v) is 5.12. The van der Waals surface area contributed by atoms with Crippen LogP contribution in [-0.2, 0) is 10.0 Å². The third kappa shape index (κ3) is 4.12. The number of unbranched alkanes of at least 4 members (excludes halogenated alkanes) is 1. The number of nitrogens with zero attached hydrogens (tertiary/aromatic N) is 1. The number of rotatable bonds is 7. The molecule has 0 heterocycles. The summed E-state index contributed by atoms with van der Waals surface area (Å²) in [5.41, 5.74) is -0.692. The molecule has 0 radical (unpaired) electrons. The second-order valence-electron chi connectivity index (χ2n) is 4.33. The van der Waals surface area contributed by atoms with Gasteiger partial charge in [0.2, 0.25) is 10.0 Å². The molecule has 0 aliphatic carbocycles. The highest BCUT2D eigenvalue weighted by molar-refractivity contribution is 9.10. The molecule has 0 aliphatic rings. The number of allylic oxidation sites excluding steroid dienone is 1. The molecule has 0 spiro atoms. The number of hydrogen-bond donors (Lipinski definition) is 1. The van der Waals surface area contributed by atoms with Gasteiger partial charge in [0.15, 0.2) is 5.82 Å². The predicted molar refractivity (Wildman–Crippen MR) is 80.3 cm³/mol. The largest absolute Gasteiger partial charge is 0.478 e. The molecule has 0 unspecified atom stereocenters. The van der Waals surface area contributed by atoms with Gasteiger partial charge in [-0.3, -0.25) is 0 Å². The van der Waals surface area contributed by atoms with Gasteiger partial charge in [0.25, 0.3) is 0 Å². The minimum absolute atomic E-state index is 0.180. The Kier molecular flexibility index (Phi) is 6.06. The van der Waals surface area contributed by atoms with Gasteiger partial charge in [0, 0.05) is 18.1 Å². The van der Waals surface area contributed by atoms with Gasteiger partial charge in [-0.1, -0.05) is 22.0 Å². The molecule has 1 rings (SSSR count). The lowest BCUT2D eigenvalue weighted by Gasteiger charge is -2.18. The SMILES string of the molecule is C=CCCCN(C)S(=O)(=O)c1cc(Br)cc(C(=O)O)c1F. The van der Waals surface area contributed by atoms with Crippen LogP contribution < -0.4 is 0 Å². The average molecular weight is 380 g/mol. The molecule has 0 aliphatic heterocycles. The normalized spacial score (nSPS) is 11.6. The van der Waals surface area contributed by atoms with Crippen LogP contribution in [0.2, 0.25) is 0 Å². The predicted octanol–water partition coefficient (Wildman–Crippen LogP) is 2.87. The van der Waals surface area contributed by atoms with Crippen molar-refractivity contribution in [2.45, 2.75) is 17.7 Å². The van der Waals surface area contributed by atoms with Gasteiger partial charge in [-0.05, 0) is 25.0 Å². The zero-order chi connectivity index (χ0) is 16.2. The number of sulfonamides is 1. The summed E-state index contributed by atoms with van der Waals surface area (Å²) in [6.07, 6.45) is 2.82. The highest BCUT2D eigenvalue weighted by Gasteiger charge is 2.28. The van der Waals surface area contributed by atoms with E-state index >= 15 is 0 Å². The van der Waals surface area contributed by atoms with Crippen LogP contribution in [0.4, 0.5) is 4.39 Å². The van der Waals surface area contributed by atoms with Crippen molar-refractivity contribution in [1.29, 1.82) is 0 Å². The number of aromatic carboxylic acids is 1. The molecule has 116 valence electrons. The molecule has 0 amide bonds. The molecular formula is C13H15BrFNO4S. The maximum atomic E-state index is 14.1. The maximum Gasteiger partial charge on any atom is 0.338 e. The third-order valence-electron chi connectivity index (χ3n) is 2.80. The number of benzene rings is 1. The lowest BCUT2D eigenvalue weighted by atomic mass is 10.2. The van der Waals surface area contributed by atoms with Crippen LogP contribution in [0.15, 0.2) is 34.2 Å². The number of carboxylic acids is 1. The zero-order valence-electron chi connectivity index (χ0n) is 11.3. The summed E-state index contributed by atoms with van der Waals surface area (Å²) in [4.78, 5) is 10.3. The van der Waals surface area contributed by atoms with Crippen LogP contribution >= 0.6 is 15.9 Å². The van der Waals surface area contributed by atoms with Gasteiger partial charge < -0.3 is 5.11 Å². The Bertz CT molecular complexity index is 660. The molecule has 0 atom stereocenters.